The molecule has 1 heterocycles. The third-order valence-electron chi connectivity index (χ3n) is 1.45. The lowest BCUT2D eigenvalue weighted by Crippen LogP contribution is -2.15. The molecule has 6 heteroatoms. The lowest BCUT2D eigenvalue weighted by atomic mass is 10.2. The standard InChI is InChI=1S/C7H9ClN2O2S/c8-6-2-1-5(13-6)4(11)3-7(9)10-12/h1-2,4,11-12H,3H2,(H2,9,10)/t4-/m0/s1. The molecule has 0 radical (unpaired) electrons. The quantitative estimate of drug-likeness (QED) is 0.313. The van der Waals surface area contributed by atoms with E-state index in [-0.39, 0.29) is 12.3 Å². The van der Waals surface area contributed by atoms with Crippen molar-refractivity contribution >= 4 is 28.8 Å². The molecule has 1 rings (SSSR count). The first-order valence-electron chi connectivity index (χ1n) is 3.53. The van der Waals surface area contributed by atoms with Gasteiger partial charge in [-0.1, -0.05) is 16.8 Å². The van der Waals surface area contributed by atoms with E-state index in [0.29, 0.717) is 9.21 Å². The zero-order chi connectivity index (χ0) is 9.84. The predicted molar refractivity (Wildman–Crippen MR) is 52.3 cm³/mol. The van der Waals surface area contributed by atoms with Crippen LogP contribution >= 0.6 is 22.9 Å². The molecule has 0 amide bonds. The van der Waals surface area contributed by atoms with E-state index in [9.17, 15) is 5.11 Å². The SMILES string of the molecule is NC(C[C@H](O)c1ccc(Cl)s1)=NO. The number of amidine groups is 1. The van der Waals surface area contributed by atoms with E-state index in [0.717, 1.165) is 0 Å². The second-order valence-corrected chi connectivity index (χ2v) is 4.20. The zero-order valence-corrected chi connectivity index (χ0v) is 8.22. The molecule has 0 bridgehead atoms. The molecular weight excluding hydrogens is 212 g/mol. The van der Waals surface area contributed by atoms with Crippen molar-refractivity contribution in [1.29, 1.82) is 0 Å². The summed E-state index contributed by atoms with van der Waals surface area (Å²) in [6.07, 6.45) is -0.652. The maximum Gasteiger partial charge on any atom is 0.142 e. The highest BCUT2D eigenvalue weighted by atomic mass is 35.5. The Morgan fingerprint density at radius 3 is 2.85 bits per heavy atom. The van der Waals surface area contributed by atoms with Gasteiger partial charge in [0.05, 0.1) is 10.4 Å². The Morgan fingerprint density at radius 2 is 2.38 bits per heavy atom. The monoisotopic (exact) mass is 220 g/mol. The number of rotatable bonds is 3. The van der Waals surface area contributed by atoms with Crippen LogP contribution in [0.2, 0.25) is 4.34 Å². The van der Waals surface area contributed by atoms with Crippen LogP contribution in [0.1, 0.15) is 17.4 Å². The fourth-order valence-electron chi connectivity index (χ4n) is 0.847. The second kappa shape index (κ2) is 4.45. The summed E-state index contributed by atoms with van der Waals surface area (Å²) < 4.78 is 0.605. The van der Waals surface area contributed by atoms with E-state index in [1.165, 1.54) is 11.3 Å². The number of oxime groups is 1. The van der Waals surface area contributed by atoms with Crippen molar-refractivity contribution in [2.75, 3.05) is 0 Å². The van der Waals surface area contributed by atoms with Crippen LogP contribution in [-0.2, 0) is 0 Å². The Kier molecular flexibility index (Phi) is 3.53. The molecule has 4 N–H and O–H groups in total. The highest BCUT2D eigenvalue weighted by molar-refractivity contribution is 7.16. The molecule has 0 saturated heterocycles. The Hall–Kier alpha value is -0.780. The van der Waals surface area contributed by atoms with E-state index in [1.807, 2.05) is 0 Å². The maximum absolute atomic E-state index is 9.52. The minimum Gasteiger partial charge on any atom is -0.409 e. The van der Waals surface area contributed by atoms with E-state index in [2.05, 4.69) is 5.16 Å². The van der Waals surface area contributed by atoms with Crippen LogP contribution in [0.15, 0.2) is 17.3 Å². The number of nitrogens with two attached hydrogens (primary N) is 1. The van der Waals surface area contributed by atoms with E-state index in [1.54, 1.807) is 12.1 Å². The van der Waals surface area contributed by atoms with Gasteiger partial charge in [0.2, 0.25) is 0 Å². The van der Waals surface area contributed by atoms with Crippen molar-refractivity contribution in [2.45, 2.75) is 12.5 Å². The number of hydrogen-bond acceptors (Lipinski definition) is 4. The van der Waals surface area contributed by atoms with Gasteiger partial charge in [0.25, 0.3) is 0 Å². The highest BCUT2D eigenvalue weighted by Crippen LogP contribution is 2.28. The lowest BCUT2D eigenvalue weighted by Gasteiger charge is -2.05. The molecule has 1 atom stereocenters. The van der Waals surface area contributed by atoms with Crippen LogP contribution in [0.5, 0.6) is 0 Å². The van der Waals surface area contributed by atoms with Crippen molar-refractivity contribution < 1.29 is 10.3 Å². The zero-order valence-electron chi connectivity index (χ0n) is 6.64. The van der Waals surface area contributed by atoms with Gasteiger partial charge in [0, 0.05) is 11.3 Å². The molecule has 72 valence electrons. The van der Waals surface area contributed by atoms with Crippen molar-refractivity contribution in [3.8, 4) is 0 Å². The fraction of sp³-hybridized carbons (Fsp3) is 0.286. The average molecular weight is 221 g/mol. The molecule has 4 nitrogen and oxygen atoms in total. The molecule has 0 aliphatic heterocycles. The summed E-state index contributed by atoms with van der Waals surface area (Å²) in [5.74, 6) is -0.00276. The lowest BCUT2D eigenvalue weighted by molar-refractivity contribution is 0.188. The summed E-state index contributed by atoms with van der Waals surface area (Å²) in [7, 11) is 0. The van der Waals surface area contributed by atoms with Gasteiger partial charge in [-0.15, -0.1) is 11.3 Å². The molecule has 0 spiro atoms. The number of aliphatic hydroxyl groups is 1. The van der Waals surface area contributed by atoms with Gasteiger partial charge in [0.15, 0.2) is 0 Å². The first-order valence-corrected chi connectivity index (χ1v) is 4.72. The number of halogens is 1. The third kappa shape index (κ3) is 2.87. The Morgan fingerprint density at radius 1 is 1.69 bits per heavy atom. The first-order chi connectivity index (χ1) is 6.13. The first kappa shape index (κ1) is 10.3. The molecular formula is C7H9ClN2O2S. The minimum atomic E-state index is -0.756. The molecule has 0 unspecified atom stereocenters. The van der Waals surface area contributed by atoms with Crippen LogP contribution < -0.4 is 5.73 Å². The third-order valence-corrected chi connectivity index (χ3v) is 2.79. The molecule has 0 aliphatic carbocycles. The second-order valence-electron chi connectivity index (χ2n) is 2.45. The van der Waals surface area contributed by atoms with Crippen molar-refractivity contribution in [2.24, 2.45) is 10.9 Å². The summed E-state index contributed by atoms with van der Waals surface area (Å²) >= 11 is 6.94. The average Bonchev–Trinajstić information content (AvgIpc) is 2.51. The van der Waals surface area contributed by atoms with Crippen LogP contribution in [0.25, 0.3) is 0 Å². The minimum absolute atomic E-state index is 0.00276. The maximum atomic E-state index is 9.52. The largest absolute Gasteiger partial charge is 0.409 e. The van der Waals surface area contributed by atoms with Gasteiger partial charge in [0.1, 0.15) is 5.84 Å². The van der Waals surface area contributed by atoms with Crippen LogP contribution in [-0.4, -0.2) is 16.1 Å². The van der Waals surface area contributed by atoms with E-state index >= 15 is 0 Å². The summed E-state index contributed by atoms with van der Waals surface area (Å²) in [5.41, 5.74) is 5.23. The summed E-state index contributed by atoms with van der Waals surface area (Å²) in [6.45, 7) is 0. The van der Waals surface area contributed by atoms with Crippen LogP contribution in [0.3, 0.4) is 0 Å². The van der Waals surface area contributed by atoms with E-state index in [4.69, 9.17) is 22.5 Å². The van der Waals surface area contributed by atoms with Gasteiger partial charge in [-0.3, -0.25) is 0 Å². The topological polar surface area (TPSA) is 78.8 Å². The summed E-state index contributed by atoms with van der Waals surface area (Å²) in [6, 6.07) is 3.40. The molecule has 13 heavy (non-hydrogen) atoms. The predicted octanol–water partition coefficient (Wildman–Crippen LogP) is 1.57. The molecule has 0 fully saturated rings. The van der Waals surface area contributed by atoms with Crippen molar-refractivity contribution in [1.82, 2.24) is 0 Å². The van der Waals surface area contributed by atoms with Crippen molar-refractivity contribution in [3.63, 3.8) is 0 Å². The molecule has 0 aromatic carbocycles. The van der Waals surface area contributed by atoms with E-state index < -0.39 is 6.10 Å². The van der Waals surface area contributed by atoms with Crippen LogP contribution in [0.4, 0.5) is 0 Å². The normalized spacial score (nSPS) is 14.5. The van der Waals surface area contributed by atoms with Gasteiger partial charge in [-0.2, -0.15) is 0 Å². The molecule has 0 saturated carbocycles. The summed E-state index contributed by atoms with van der Waals surface area (Å²) in [4.78, 5) is 0.705. The van der Waals surface area contributed by atoms with Crippen LogP contribution in [0, 0.1) is 0 Å². The van der Waals surface area contributed by atoms with Crippen molar-refractivity contribution in [3.05, 3.63) is 21.3 Å². The molecule has 0 aliphatic rings. The Balaban J connectivity index is 2.63. The fourth-order valence-corrected chi connectivity index (χ4v) is 1.89. The molecule has 1 aromatic heterocycles. The highest BCUT2D eigenvalue weighted by Gasteiger charge is 2.11. The number of nitrogens with zero attached hydrogens (tertiary/aromatic N) is 1. The van der Waals surface area contributed by atoms with Gasteiger partial charge in [-0.05, 0) is 12.1 Å². The number of hydrogen-bond donors (Lipinski definition) is 3. The van der Waals surface area contributed by atoms with Gasteiger partial charge < -0.3 is 16.0 Å². The Labute approximate surface area is 84.2 Å². The van der Waals surface area contributed by atoms with Gasteiger partial charge in [-0.25, -0.2) is 0 Å². The number of thiophene rings is 1. The van der Waals surface area contributed by atoms with Gasteiger partial charge >= 0.3 is 0 Å². The Bertz CT molecular complexity index is 313. The molecule has 1 aromatic rings. The summed E-state index contributed by atoms with van der Waals surface area (Å²) in [5, 5.41) is 20.5. The number of aliphatic hydroxyl groups excluding tert-OH is 1. The smallest absolute Gasteiger partial charge is 0.142 e.